The van der Waals surface area contributed by atoms with Crippen molar-refractivity contribution in [2.75, 3.05) is 12.3 Å². The van der Waals surface area contributed by atoms with Crippen molar-refractivity contribution >= 4 is 13.3 Å². The molecule has 0 amide bonds. The van der Waals surface area contributed by atoms with Crippen LogP contribution in [0.4, 0.5) is 0 Å². The predicted molar refractivity (Wildman–Crippen MR) is 86.4 cm³/mol. The van der Waals surface area contributed by atoms with E-state index in [1.165, 1.54) is 0 Å². The third kappa shape index (κ3) is 5.47. The lowest BCUT2D eigenvalue weighted by Gasteiger charge is -2.17. The number of aliphatic carboxylic acids is 1. The van der Waals surface area contributed by atoms with E-state index in [2.05, 4.69) is 0 Å². The second-order valence-electron chi connectivity index (χ2n) is 5.08. The Bertz CT molecular complexity index is 593. The van der Waals surface area contributed by atoms with Crippen molar-refractivity contribution in [3.05, 3.63) is 71.8 Å². The third-order valence-electron chi connectivity index (χ3n) is 3.27. The summed E-state index contributed by atoms with van der Waals surface area (Å²) in [5, 5.41) is 8.99. The van der Waals surface area contributed by atoms with Crippen LogP contribution in [0.1, 0.15) is 11.1 Å². The number of hydrogen-bond donors (Lipinski definition) is 1. The van der Waals surface area contributed by atoms with Gasteiger partial charge in [-0.25, -0.2) is 0 Å². The Hall–Kier alpha value is -1.90. The van der Waals surface area contributed by atoms with Gasteiger partial charge in [-0.05, 0) is 17.5 Å². The minimum atomic E-state index is -3.21. The lowest BCUT2D eigenvalue weighted by atomic mass is 10.2. The van der Waals surface area contributed by atoms with Gasteiger partial charge in [-0.1, -0.05) is 60.7 Å². The van der Waals surface area contributed by atoms with Gasteiger partial charge in [-0.3, -0.25) is 9.36 Å². The van der Waals surface area contributed by atoms with Crippen molar-refractivity contribution in [2.24, 2.45) is 0 Å². The standard InChI is InChI=1S/C17H19O4P/c18-17(19)14-22(20,12-11-15-7-3-1-4-8-15)21-13-16-9-5-2-6-10-16/h1-10H,11-14H2,(H,18,19). The molecule has 22 heavy (non-hydrogen) atoms. The predicted octanol–water partition coefficient (Wildman–Crippen LogP) is 3.81. The lowest BCUT2D eigenvalue weighted by Crippen LogP contribution is -2.10. The number of carboxylic acids is 1. The van der Waals surface area contributed by atoms with E-state index in [4.69, 9.17) is 9.63 Å². The van der Waals surface area contributed by atoms with Gasteiger partial charge in [0.05, 0.1) is 6.61 Å². The molecule has 2 rings (SSSR count). The van der Waals surface area contributed by atoms with Gasteiger partial charge >= 0.3 is 5.97 Å². The topological polar surface area (TPSA) is 63.6 Å². The normalized spacial score (nSPS) is 13.5. The summed E-state index contributed by atoms with van der Waals surface area (Å²) in [5.74, 6) is -1.09. The highest BCUT2D eigenvalue weighted by Crippen LogP contribution is 2.47. The Morgan fingerprint density at radius 3 is 2.05 bits per heavy atom. The summed E-state index contributed by atoms with van der Waals surface area (Å²) in [7, 11) is -3.21. The molecule has 5 heteroatoms. The SMILES string of the molecule is O=C(O)CP(=O)(CCc1ccccc1)OCc1ccccc1. The maximum absolute atomic E-state index is 12.8. The van der Waals surface area contributed by atoms with Crippen LogP contribution in [0.15, 0.2) is 60.7 Å². The highest BCUT2D eigenvalue weighted by Gasteiger charge is 2.26. The van der Waals surface area contributed by atoms with E-state index >= 15 is 0 Å². The Kier molecular flexibility index (Phi) is 5.93. The largest absolute Gasteiger partial charge is 0.481 e. The Morgan fingerprint density at radius 2 is 1.50 bits per heavy atom. The molecule has 4 nitrogen and oxygen atoms in total. The highest BCUT2D eigenvalue weighted by atomic mass is 31.2. The number of aryl methyl sites for hydroxylation is 1. The van der Waals surface area contributed by atoms with Crippen LogP contribution in [0.3, 0.4) is 0 Å². The van der Waals surface area contributed by atoms with Crippen LogP contribution < -0.4 is 0 Å². The molecule has 1 unspecified atom stereocenters. The molecule has 0 bridgehead atoms. The van der Waals surface area contributed by atoms with Crippen LogP contribution in [0.5, 0.6) is 0 Å². The number of rotatable bonds is 8. The number of carboxylic acid groups (broad SMARTS) is 1. The van der Waals surface area contributed by atoms with E-state index in [0.29, 0.717) is 6.42 Å². The first-order valence-electron chi connectivity index (χ1n) is 7.10. The second-order valence-corrected chi connectivity index (χ2v) is 7.74. The molecule has 0 fully saturated rings. The highest BCUT2D eigenvalue weighted by molar-refractivity contribution is 7.59. The first kappa shape index (κ1) is 16.5. The molecule has 0 heterocycles. The van der Waals surface area contributed by atoms with Crippen LogP contribution >= 0.6 is 7.37 Å². The monoisotopic (exact) mass is 318 g/mol. The molecule has 1 N–H and O–H groups in total. The van der Waals surface area contributed by atoms with Gasteiger partial charge in [0.2, 0.25) is 7.37 Å². The summed E-state index contributed by atoms with van der Waals surface area (Å²) < 4.78 is 18.3. The molecule has 0 radical (unpaired) electrons. The zero-order chi connectivity index (χ0) is 15.8. The quantitative estimate of drug-likeness (QED) is 0.752. The fourth-order valence-electron chi connectivity index (χ4n) is 2.11. The fourth-order valence-corrected chi connectivity index (χ4v) is 3.88. The summed E-state index contributed by atoms with van der Waals surface area (Å²) in [4.78, 5) is 11.0. The summed E-state index contributed by atoms with van der Waals surface area (Å²) in [6, 6.07) is 18.9. The van der Waals surface area contributed by atoms with Crippen molar-refractivity contribution in [1.29, 1.82) is 0 Å². The molecule has 0 spiro atoms. The molecule has 2 aromatic carbocycles. The smallest absolute Gasteiger partial charge is 0.313 e. The summed E-state index contributed by atoms with van der Waals surface area (Å²) in [5.41, 5.74) is 1.91. The van der Waals surface area contributed by atoms with Gasteiger partial charge in [0, 0.05) is 6.16 Å². The molecule has 0 saturated carbocycles. The van der Waals surface area contributed by atoms with Gasteiger partial charge in [0.15, 0.2) is 0 Å². The van der Waals surface area contributed by atoms with Crippen molar-refractivity contribution in [3.63, 3.8) is 0 Å². The molecule has 0 aliphatic heterocycles. The average Bonchev–Trinajstić information content (AvgIpc) is 2.53. The molecular weight excluding hydrogens is 299 g/mol. The third-order valence-corrected chi connectivity index (χ3v) is 5.53. The number of carbonyl (C=O) groups is 1. The van der Waals surface area contributed by atoms with E-state index < -0.39 is 19.5 Å². The first-order chi connectivity index (χ1) is 10.6. The van der Waals surface area contributed by atoms with Gasteiger partial charge < -0.3 is 9.63 Å². The van der Waals surface area contributed by atoms with Crippen LogP contribution in [-0.4, -0.2) is 23.4 Å². The maximum atomic E-state index is 12.8. The minimum absolute atomic E-state index is 0.167. The van der Waals surface area contributed by atoms with Crippen molar-refractivity contribution < 1.29 is 19.0 Å². The van der Waals surface area contributed by atoms with E-state index in [-0.39, 0.29) is 12.8 Å². The molecule has 0 aliphatic rings. The van der Waals surface area contributed by atoms with E-state index in [1.54, 1.807) is 0 Å². The zero-order valence-corrected chi connectivity index (χ0v) is 13.1. The second kappa shape index (κ2) is 7.92. The molecule has 2 aromatic rings. The molecule has 0 aromatic heterocycles. The van der Waals surface area contributed by atoms with Crippen LogP contribution in [-0.2, 0) is 26.9 Å². The van der Waals surface area contributed by atoms with Gasteiger partial charge in [0.1, 0.15) is 6.16 Å². The van der Waals surface area contributed by atoms with Crippen LogP contribution in [0.2, 0.25) is 0 Å². The molecule has 0 aliphatic carbocycles. The summed E-state index contributed by atoms with van der Waals surface area (Å²) >= 11 is 0. The molecule has 0 saturated heterocycles. The van der Waals surface area contributed by atoms with E-state index in [9.17, 15) is 9.36 Å². The first-order valence-corrected chi connectivity index (χ1v) is 9.09. The Labute approximate surface area is 130 Å². The fraction of sp³-hybridized carbons (Fsp3) is 0.235. The van der Waals surface area contributed by atoms with E-state index in [1.807, 2.05) is 60.7 Å². The van der Waals surface area contributed by atoms with Crippen LogP contribution in [0, 0.1) is 0 Å². The van der Waals surface area contributed by atoms with Gasteiger partial charge in [-0.2, -0.15) is 0 Å². The molecule has 1 atom stereocenters. The lowest BCUT2D eigenvalue weighted by molar-refractivity contribution is -0.134. The molecule has 116 valence electrons. The Morgan fingerprint density at radius 1 is 0.955 bits per heavy atom. The van der Waals surface area contributed by atoms with Gasteiger partial charge in [0.25, 0.3) is 0 Å². The number of benzene rings is 2. The molecular formula is C17H19O4P. The van der Waals surface area contributed by atoms with Gasteiger partial charge in [-0.15, -0.1) is 0 Å². The summed E-state index contributed by atoms with van der Waals surface area (Å²) in [6.45, 7) is 0.167. The van der Waals surface area contributed by atoms with Crippen LogP contribution in [0.25, 0.3) is 0 Å². The number of hydrogen-bond acceptors (Lipinski definition) is 3. The Balaban J connectivity index is 2.00. The summed E-state index contributed by atoms with van der Waals surface area (Å²) in [6.07, 6.45) is 0.336. The zero-order valence-electron chi connectivity index (χ0n) is 12.2. The average molecular weight is 318 g/mol. The minimum Gasteiger partial charge on any atom is -0.481 e. The van der Waals surface area contributed by atoms with Crippen molar-refractivity contribution in [3.8, 4) is 0 Å². The van der Waals surface area contributed by atoms with Crippen molar-refractivity contribution in [2.45, 2.75) is 13.0 Å². The maximum Gasteiger partial charge on any atom is 0.313 e. The van der Waals surface area contributed by atoms with E-state index in [0.717, 1.165) is 11.1 Å². The van der Waals surface area contributed by atoms with Crippen molar-refractivity contribution in [1.82, 2.24) is 0 Å².